The Labute approximate surface area is 213 Å². The number of nitrogens with one attached hydrogen (secondary N) is 2. The van der Waals surface area contributed by atoms with Crippen LogP contribution in [0, 0.1) is 0 Å². The highest BCUT2D eigenvalue weighted by atomic mass is 19.4. The Morgan fingerprint density at radius 1 is 0.595 bits per heavy atom. The highest BCUT2D eigenvalue weighted by Crippen LogP contribution is 2.43. The topological polar surface area (TPSA) is 37.2 Å². The second kappa shape index (κ2) is 12.4. The Hall–Kier alpha value is -3.10. The number of benzene rings is 2. The van der Waals surface area contributed by atoms with Gasteiger partial charge < -0.3 is 15.1 Å². The van der Waals surface area contributed by atoms with Crippen LogP contribution in [-0.4, -0.2) is 13.1 Å². The molecule has 0 saturated heterocycles. The standard InChI is InChI=1S/C28H32F6N2O/c1-3-5-7-15-35-19-9-11-21(23(17-19)27(29,30)31)25-13-14-26(37-25)22-12-10-20(36-16-8-6-4-2)18-24(22)28(32,33)34/h9-14,17-18,35-36H,3-8,15-16H2,1-2H3. The maximum Gasteiger partial charge on any atom is 0.417 e. The van der Waals surface area contributed by atoms with Crippen LogP contribution < -0.4 is 10.6 Å². The summed E-state index contributed by atoms with van der Waals surface area (Å²) in [6, 6.07) is 10.1. The van der Waals surface area contributed by atoms with Crippen molar-refractivity contribution in [3.05, 3.63) is 59.7 Å². The van der Waals surface area contributed by atoms with Gasteiger partial charge in [-0.2, -0.15) is 26.3 Å². The van der Waals surface area contributed by atoms with Gasteiger partial charge in [0.1, 0.15) is 11.5 Å². The number of unbranched alkanes of at least 4 members (excludes halogenated alkanes) is 4. The second-order valence-corrected chi connectivity index (χ2v) is 8.95. The molecule has 0 aliphatic rings. The summed E-state index contributed by atoms with van der Waals surface area (Å²) in [6.07, 6.45) is -3.79. The highest BCUT2D eigenvalue weighted by molar-refractivity contribution is 5.73. The van der Waals surface area contributed by atoms with Crippen LogP contribution >= 0.6 is 0 Å². The number of halogens is 6. The first-order chi connectivity index (χ1) is 17.5. The fourth-order valence-electron chi connectivity index (χ4n) is 4.05. The lowest BCUT2D eigenvalue weighted by atomic mass is 10.0. The van der Waals surface area contributed by atoms with Gasteiger partial charge in [-0.15, -0.1) is 0 Å². The first kappa shape index (κ1) is 28.5. The molecule has 0 unspecified atom stereocenters. The van der Waals surface area contributed by atoms with Gasteiger partial charge in [-0.3, -0.25) is 0 Å². The smallest absolute Gasteiger partial charge is 0.417 e. The van der Waals surface area contributed by atoms with E-state index in [-0.39, 0.29) is 22.6 Å². The predicted molar refractivity (Wildman–Crippen MR) is 136 cm³/mol. The summed E-state index contributed by atoms with van der Waals surface area (Å²) in [5.41, 5.74) is -1.67. The third kappa shape index (κ3) is 7.69. The molecule has 0 radical (unpaired) electrons. The van der Waals surface area contributed by atoms with Crippen molar-refractivity contribution in [3.63, 3.8) is 0 Å². The van der Waals surface area contributed by atoms with E-state index in [1.54, 1.807) is 0 Å². The van der Waals surface area contributed by atoms with E-state index < -0.39 is 23.5 Å². The molecule has 1 heterocycles. The molecule has 0 spiro atoms. The molecule has 0 atom stereocenters. The van der Waals surface area contributed by atoms with Crippen molar-refractivity contribution in [2.24, 2.45) is 0 Å². The molecular weight excluding hydrogens is 494 g/mol. The largest absolute Gasteiger partial charge is 0.456 e. The predicted octanol–water partition coefficient (Wildman–Crippen LogP) is 9.86. The maximum absolute atomic E-state index is 13.9. The van der Waals surface area contributed by atoms with Gasteiger partial charge in [0.2, 0.25) is 0 Å². The van der Waals surface area contributed by atoms with Crippen LogP contribution in [0.3, 0.4) is 0 Å². The molecule has 2 aromatic carbocycles. The van der Waals surface area contributed by atoms with Crippen molar-refractivity contribution in [1.29, 1.82) is 0 Å². The summed E-state index contributed by atoms with van der Waals surface area (Å²) >= 11 is 0. The first-order valence-electron chi connectivity index (χ1n) is 12.6. The summed E-state index contributed by atoms with van der Waals surface area (Å²) in [4.78, 5) is 0. The highest BCUT2D eigenvalue weighted by Gasteiger charge is 2.36. The van der Waals surface area contributed by atoms with E-state index >= 15 is 0 Å². The first-order valence-corrected chi connectivity index (χ1v) is 12.6. The lowest BCUT2D eigenvalue weighted by molar-refractivity contribution is -0.137. The Morgan fingerprint density at radius 2 is 1.00 bits per heavy atom. The molecule has 37 heavy (non-hydrogen) atoms. The fourth-order valence-corrected chi connectivity index (χ4v) is 4.05. The number of anilines is 2. The van der Waals surface area contributed by atoms with Gasteiger partial charge >= 0.3 is 12.4 Å². The zero-order valence-corrected chi connectivity index (χ0v) is 21.0. The van der Waals surface area contributed by atoms with E-state index in [2.05, 4.69) is 10.6 Å². The van der Waals surface area contributed by atoms with Crippen molar-refractivity contribution < 1.29 is 30.8 Å². The van der Waals surface area contributed by atoms with Gasteiger partial charge in [-0.05, 0) is 61.4 Å². The van der Waals surface area contributed by atoms with Crippen molar-refractivity contribution in [3.8, 4) is 22.6 Å². The van der Waals surface area contributed by atoms with Gasteiger partial charge in [0.05, 0.1) is 11.1 Å². The Kier molecular flexibility index (Phi) is 9.56. The van der Waals surface area contributed by atoms with E-state index in [1.165, 1.54) is 36.4 Å². The normalized spacial score (nSPS) is 12.1. The van der Waals surface area contributed by atoms with Crippen molar-refractivity contribution >= 4 is 11.4 Å². The molecule has 0 bridgehead atoms. The zero-order valence-electron chi connectivity index (χ0n) is 21.0. The Morgan fingerprint density at radius 3 is 1.35 bits per heavy atom. The number of rotatable bonds is 12. The lowest BCUT2D eigenvalue weighted by Gasteiger charge is -2.15. The van der Waals surface area contributed by atoms with Gasteiger partial charge in [0.15, 0.2) is 0 Å². The molecule has 202 valence electrons. The van der Waals surface area contributed by atoms with E-state index in [0.29, 0.717) is 24.5 Å². The number of furan rings is 1. The van der Waals surface area contributed by atoms with Gasteiger partial charge in [-0.1, -0.05) is 39.5 Å². The van der Waals surface area contributed by atoms with E-state index in [0.717, 1.165) is 50.7 Å². The molecule has 9 heteroatoms. The molecule has 1 aromatic heterocycles. The molecule has 3 nitrogen and oxygen atoms in total. The van der Waals surface area contributed by atoms with Crippen LogP contribution in [0.2, 0.25) is 0 Å². The molecule has 0 fully saturated rings. The van der Waals surface area contributed by atoms with E-state index in [4.69, 9.17) is 4.42 Å². The van der Waals surface area contributed by atoms with Crippen LogP contribution in [-0.2, 0) is 12.4 Å². The quantitative estimate of drug-likeness (QED) is 0.182. The molecule has 0 aliphatic heterocycles. The average molecular weight is 527 g/mol. The minimum Gasteiger partial charge on any atom is -0.456 e. The van der Waals surface area contributed by atoms with Gasteiger partial charge in [-0.25, -0.2) is 0 Å². The fraction of sp³-hybridized carbons (Fsp3) is 0.429. The second-order valence-electron chi connectivity index (χ2n) is 8.95. The van der Waals surface area contributed by atoms with Crippen molar-refractivity contribution in [2.45, 2.75) is 64.7 Å². The zero-order chi connectivity index (χ0) is 27.1. The molecule has 3 aromatic rings. The summed E-state index contributed by atoms with van der Waals surface area (Å²) in [6.45, 7) is 5.15. The maximum atomic E-state index is 13.9. The number of hydrogen-bond donors (Lipinski definition) is 2. The third-order valence-electron chi connectivity index (χ3n) is 6.01. The van der Waals surface area contributed by atoms with E-state index in [9.17, 15) is 26.3 Å². The SMILES string of the molecule is CCCCCNc1ccc(-c2ccc(-c3ccc(NCCCCC)cc3C(F)(F)F)o2)c(C(F)(F)F)c1. The molecule has 2 N–H and O–H groups in total. The Balaban J connectivity index is 1.92. The molecule has 3 rings (SSSR count). The molecular formula is C28H32F6N2O. The monoisotopic (exact) mass is 526 g/mol. The lowest BCUT2D eigenvalue weighted by Crippen LogP contribution is -2.09. The van der Waals surface area contributed by atoms with Gasteiger partial charge in [0, 0.05) is 35.6 Å². The van der Waals surface area contributed by atoms with Gasteiger partial charge in [0.25, 0.3) is 0 Å². The summed E-state index contributed by atoms with van der Waals surface area (Å²) in [5, 5.41) is 5.98. The number of alkyl halides is 6. The molecule has 0 amide bonds. The number of hydrogen-bond acceptors (Lipinski definition) is 3. The van der Waals surface area contributed by atoms with Crippen molar-refractivity contribution in [1.82, 2.24) is 0 Å². The van der Waals surface area contributed by atoms with Crippen LogP contribution in [0.25, 0.3) is 22.6 Å². The summed E-state index contributed by atoms with van der Waals surface area (Å²) in [7, 11) is 0. The summed E-state index contributed by atoms with van der Waals surface area (Å²) < 4.78 is 88.9. The van der Waals surface area contributed by atoms with Crippen LogP contribution in [0.1, 0.15) is 63.5 Å². The third-order valence-corrected chi connectivity index (χ3v) is 6.01. The Bertz CT molecular complexity index is 1060. The van der Waals surface area contributed by atoms with Crippen LogP contribution in [0.15, 0.2) is 52.9 Å². The minimum absolute atomic E-state index is 0.158. The van der Waals surface area contributed by atoms with Crippen molar-refractivity contribution in [2.75, 3.05) is 23.7 Å². The van der Waals surface area contributed by atoms with Crippen LogP contribution in [0.5, 0.6) is 0 Å². The molecule has 0 aliphatic carbocycles. The minimum atomic E-state index is -4.67. The molecule has 0 saturated carbocycles. The summed E-state index contributed by atoms with van der Waals surface area (Å²) in [5.74, 6) is -0.315. The van der Waals surface area contributed by atoms with Crippen LogP contribution in [0.4, 0.5) is 37.7 Å². The average Bonchev–Trinajstić information content (AvgIpc) is 3.33. The van der Waals surface area contributed by atoms with E-state index in [1.807, 2.05) is 13.8 Å².